The third-order valence-corrected chi connectivity index (χ3v) is 3.51. The highest BCUT2D eigenvalue weighted by Crippen LogP contribution is 2.25. The van der Waals surface area contributed by atoms with Crippen LogP contribution in [0.1, 0.15) is 13.3 Å². The molecule has 0 unspecified atom stereocenters. The number of fused-ring (bicyclic) bond motifs is 1. The van der Waals surface area contributed by atoms with Crippen molar-refractivity contribution in [3.8, 4) is 17.3 Å². The lowest BCUT2D eigenvalue weighted by Gasteiger charge is -2.15. The van der Waals surface area contributed by atoms with Crippen LogP contribution in [0.5, 0.6) is 5.75 Å². The molecule has 8 nitrogen and oxygen atoms in total. The van der Waals surface area contributed by atoms with Gasteiger partial charge in [-0.1, -0.05) is 6.92 Å². The lowest BCUT2D eigenvalue weighted by atomic mass is 10.4. The van der Waals surface area contributed by atoms with Crippen molar-refractivity contribution in [3.05, 3.63) is 29.5 Å². The lowest BCUT2D eigenvalue weighted by Crippen LogP contribution is -2.30. The Morgan fingerprint density at radius 2 is 2.25 bits per heavy atom. The van der Waals surface area contributed by atoms with E-state index < -0.39 is 6.09 Å². The fourth-order valence-corrected chi connectivity index (χ4v) is 2.33. The molecule has 2 N–H and O–H groups in total. The largest absolute Gasteiger partial charge is 0.441 e. The topological polar surface area (TPSA) is 98.9 Å². The van der Waals surface area contributed by atoms with E-state index in [4.69, 9.17) is 26.5 Å². The van der Waals surface area contributed by atoms with Crippen LogP contribution in [0.25, 0.3) is 17.2 Å². The van der Waals surface area contributed by atoms with E-state index in [0.29, 0.717) is 29.5 Å². The maximum atomic E-state index is 12.0. The zero-order valence-electron chi connectivity index (χ0n) is 13.2. The van der Waals surface area contributed by atoms with Crippen LogP contribution < -0.4 is 10.5 Å². The minimum Gasteiger partial charge on any atom is -0.441 e. The second-order valence-electron chi connectivity index (χ2n) is 5.21. The number of halogens is 1. The second kappa shape index (κ2) is 6.40. The van der Waals surface area contributed by atoms with Crippen molar-refractivity contribution in [1.29, 1.82) is 0 Å². The standard InChI is InChI=1S/C15H16ClN5O3/c1-3-6-20(2)15(22)23-9-7-12(17)21-13(8-9)18-14(19-21)10-4-5-11(16)24-10/h4-5,7-8H,3,6,17H2,1-2H3. The fourth-order valence-electron chi connectivity index (χ4n) is 2.19. The van der Waals surface area contributed by atoms with Crippen LogP contribution in [0.4, 0.5) is 10.6 Å². The van der Waals surface area contributed by atoms with E-state index >= 15 is 0 Å². The van der Waals surface area contributed by atoms with Gasteiger partial charge < -0.3 is 19.8 Å². The Morgan fingerprint density at radius 1 is 1.46 bits per heavy atom. The van der Waals surface area contributed by atoms with Gasteiger partial charge in [-0.05, 0) is 30.2 Å². The molecule has 0 bridgehead atoms. The summed E-state index contributed by atoms with van der Waals surface area (Å²) in [5.41, 5.74) is 6.39. The molecular weight excluding hydrogens is 334 g/mol. The van der Waals surface area contributed by atoms with Crippen LogP contribution in [-0.2, 0) is 0 Å². The molecule has 24 heavy (non-hydrogen) atoms. The molecule has 0 radical (unpaired) electrons. The summed E-state index contributed by atoms with van der Waals surface area (Å²) in [6, 6.07) is 6.35. The number of carbonyl (C=O) groups excluding carboxylic acids is 1. The van der Waals surface area contributed by atoms with Gasteiger partial charge in [0.25, 0.3) is 0 Å². The molecule has 0 atom stereocenters. The maximum absolute atomic E-state index is 12.0. The van der Waals surface area contributed by atoms with Gasteiger partial charge in [-0.3, -0.25) is 0 Å². The summed E-state index contributed by atoms with van der Waals surface area (Å²) < 4.78 is 12.0. The van der Waals surface area contributed by atoms with Crippen LogP contribution in [0, 0.1) is 0 Å². The Balaban J connectivity index is 1.91. The molecule has 3 aromatic rings. The molecular formula is C15H16ClN5O3. The number of carbonyl (C=O) groups is 1. The zero-order chi connectivity index (χ0) is 17.3. The number of anilines is 1. The predicted octanol–water partition coefficient (Wildman–Crippen LogP) is 3.07. The number of amides is 1. The molecule has 126 valence electrons. The molecule has 0 aromatic carbocycles. The molecule has 0 aliphatic heterocycles. The first-order valence-corrected chi connectivity index (χ1v) is 7.70. The van der Waals surface area contributed by atoms with Gasteiger partial charge in [0, 0.05) is 25.7 Å². The maximum Gasteiger partial charge on any atom is 0.414 e. The molecule has 0 aliphatic rings. The Bertz CT molecular complexity index is 888. The number of nitrogens with two attached hydrogens (primary N) is 1. The molecule has 0 fully saturated rings. The van der Waals surface area contributed by atoms with Crippen molar-refractivity contribution in [2.24, 2.45) is 0 Å². The van der Waals surface area contributed by atoms with Gasteiger partial charge in [0.05, 0.1) is 0 Å². The smallest absolute Gasteiger partial charge is 0.414 e. The normalized spacial score (nSPS) is 11.0. The summed E-state index contributed by atoms with van der Waals surface area (Å²) in [4.78, 5) is 17.8. The van der Waals surface area contributed by atoms with E-state index in [2.05, 4.69) is 10.1 Å². The highest BCUT2D eigenvalue weighted by molar-refractivity contribution is 6.28. The molecule has 9 heteroatoms. The van der Waals surface area contributed by atoms with Crippen molar-refractivity contribution in [3.63, 3.8) is 0 Å². The van der Waals surface area contributed by atoms with E-state index in [1.165, 1.54) is 15.5 Å². The number of pyridine rings is 1. The number of nitrogen functional groups attached to an aromatic ring is 1. The van der Waals surface area contributed by atoms with Gasteiger partial charge >= 0.3 is 6.09 Å². The van der Waals surface area contributed by atoms with Crippen LogP contribution in [0.2, 0.25) is 5.22 Å². The van der Waals surface area contributed by atoms with Gasteiger partial charge in [-0.25, -0.2) is 9.78 Å². The van der Waals surface area contributed by atoms with Gasteiger partial charge in [0.15, 0.2) is 16.6 Å². The molecule has 0 spiro atoms. The van der Waals surface area contributed by atoms with E-state index in [1.54, 1.807) is 25.2 Å². The first-order chi connectivity index (χ1) is 11.5. The molecule has 0 aliphatic carbocycles. The molecule has 3 aromatic heterocycles. The molecule has 0 saturated carbocycles. The first kappa shape index (κ1) is 16.1. The van der Waals surface area contributed by atoms with Crippen molar-refractivity contribution in [1.82, 2.24) is 19.5 Å². The number of rotatable bonds is 4. The molecule has 1 amide bonds. The van der Waals surface area contributed by atoms with Crippen molar-refractivity contribution >= 4 is 29.2 Å². The fraction of sp³-hybridized carbons (Fsp3) is 0.267. The van der Waals surface area contributed by atoms with Crippen molar-refractivity contribution in [2.45, 2.75) is 13.3 Å². The van der Waals surface area contributed by atoms with Crippen LogP contribution in [0.15, 0.2) is 28.7 Å². The SMILES string of the molecule is CCCN(C)C(=O)Oc1cc(N)n2nc(-c3ccc(Cl)o3)nc2c1. The van der Waals surface area contributed by atoms with Crippen LogP contribution in [0.3, 0.4) is 0 Å². The monoisotopic (exact) mass is 349 g/mol. The third-order valence-electron chi connectivity index (χ3n) is 3.31. The Hall–Kier alpha value is -2.74. The number of hydrogen-bond donors (Lipinski definition) is 1. The minimum absolute atomic E-state index is 0.241. The average Bonchev–Trinajstić information content (AvgIpc) is 3.13. The van der Waals surface area contributed by atoms with E-state index in [9.17, 15) is 4.79 Å². The third kappa shape index (κ3) is 3.13. The summed E-state index contributed by atoms with van der Waals surface area (Å²) in [6.07, 6.45) is 0.379. The first-order valence-electron chi connectivity index (χ1n) is 7.33. The van der Waals surface area contributed by atoms with Crippen molar-refractivity contribution in [2.75, 3.05) is 19.3 Å². The number of aromatic nitrogens is 3. The highest BCUT2D eigenvalue weighted by Gasteiger charge is 2.15. The number of nitrogens with zero attached hydrogens (tertiary/aromatic N) is 4. The summed E-state index contributed by atoms with van der Waals surface area (Å²) in [6.45, 7) is 2.58. The lowest BCUT2D eigenvalue weighted by molar-refractivity contribution is 0.163. The van der Waals surface area contributed by atoms with E-state index in [0.717, 1.165) is 6.42 Å². The van der Waals surface area contributed by atoms with E-state index in [-0.39, 0.29) is 11.0 Å². The molecule has 3 rings (SSSR count). The molecule has 3 heterocycles. The van der Waals surface area contributed by atoms with Gasteiger partial charge in [0.1, 0.15) is 11.6 Å². The van der Waals surface area contributed by atoms with Gasteiger partial charge in [0.2, 0.25) is 5.82 Å². The predicted molar refractivity (Wildman–Crippen MR) is 89.1 cm³/mol. The summed E-state index contributed by atoms with van der Waals surface area (Å²) >= 11 is 5.76. The van der Waals surface area contributed by atoms with Gasteiger partial charge in [-0.2, -0.15) is 4.52 Å². The summed E-state index contributed by atoms with van der Waals surface area (Å²) in [7, 11) is 1.67. The van der Waals surface area contributed by atoms with Crippen LogP contribution >= 0.6 is 11.6 Å². The van der Waals surface area contributed by atoms with Crippen LogP contribution in [-0.4, -0.2) is 39.2 Å². The van der Waals surface area contributed by atoms with Crippen molar-refractivity contribution < 1.29 is 13.9 Å². The Morgan fingerprint density at radius 3 is 2.92 bits per heavy atom. The van der Waals surface area contributed by atoms with Gasteiger partial charge in [-0.15, -0.1) is 5.10 Å². The zero-order valence-corrected chi connectivity index (χ0v) is 13.9. The minimum atomic E-state index is -0.460. The highest BCUT2D eigenvalue weighted by atomic mass is 35.5. The molecule has 0 saturated heterocycles. The summed E-state index contributed by atoms with van der Waals surface area (Å²) in [5, 5.41) is 4.50. The summed E-state index contributed by atoms with van der Waals surface area (Å²) in [5.74, 6) is 1.33. The number of ether oxygens (including phenoxy) is 1. The second-order valence-corrected chi connectivity index (χ2v) is 5.59. The quantitative estimate of drug-likeness (QED) is 0.777. The number of hydrogen-bond acceptors (Lipinski definition) is 6. The Kier molecular flexibility index (Phi) is 4.30. The van der Waals surface area contributed by atoms with E-state index in [1.807, 2.05) is 6.92 Å². The Labute approximate surface area is 142 Å². The number of furan rings is 1. The average molecular weight is 350 g/mol.